The van der Waals surface area contributed by atoms with Gasteiger partial charge in [0.05, 0.1) is 24.6 Å². The summed E-state index contributed by atoms with van der Waals surface area (Å²) < 4.78 is 7.16. The molecule has 1 aromatic carbocycles. The fourth-order valence-corrected chi connectivity index (χ4v) is 3.49. The van der Waals surface area contributed by atoms with Crippen molar-refractivity contribution >= 4 is 11.0 Å². The number of ether oxygens (including phenoxy) is 1. The van der Waals surface area contributed by atoms with Crippen molar-refractivity contribution in [3.8, 4) is 17.1 Å². The Morgan fingerprint density at radius 3 is 3.00 bits per heavy atom. The first-order valence-corrected chi connectivity index (χ1v) is 8.85. The lowest BCUT2D eigenvalue weighted by atomic mass is 9.96. The van der Waals surface area contributed by atoms with E-state index < -0.39 is 6.10 Å². The molecule has 5 rings (SSSR count). The summed E-state index contributed by atoms with van der Waals surface area (Å²) in [7, 11) is 0. The van der Waals surface area contributed by atoms with Crippen LogP contribution in [0.1, 0.15) is 18.1 Å². The second kappa shape index (κ2) is 6.57. The first-order valence-electron chi connectivity index (χ1n) is 8.85. The summed E-state index contributed by atoms with van der Waals surface area (Å²) in [5.74, 6) is 0.823. The maximum absolute atomic E-state index is 10.6. The van der Waals surface area contributed by atoms with Crippen LogP contribution in [0.25, 0.3) is 28.1 Å². The topological polar surface area (TPSA) is 102 Å². The van der Waals surface area contributed by atoms with Crippen molar-refractivity contribution in [2.45, 2.75) is 12.5 Å². The molecular weight excluding hydrogens is 344 g/mol. The molecule has 0 amide bonds. The summed E-state index contributed by atoms with van der Waals surface area (Å²) in [4.78, 5) is 8.76. The van der Waals surface area contributed by atoms with Crippen LogP contribution < -0.4 is 0 Å². The minimum Gasteiger partial charge on any atom is -0.388 e. The smallest absolute Gasteiger partial charge is 0.162 e. The molecular formula is C19H18N6O2. The fraction of sp³-hybridized carbons (Fsp3) is 0.263. The first kappa shape index (κ1) is 16.1. The lowest BCUT2D eigenvalue weighted by Crippen LogP contribution is -2.12. The zero-order valence-electron chi connectivity index (χ0n) is 14.5. The number of aliphatic hydroxyl groups excluding tert-OH is 1. The number of hydrogen-bond donors (Lipinski definition) is 2. The average Bonchev–Trinajstić information content (AvgIpc) is 3.48. The normalized spacial score (nSPS) is 18.2. The van der Waals surface area contributed by atoms with Gasteiger partial charge in [-0.1, -0.05) is 12.1 Å². The van der Waals surface area contributed by atoms with Gasteiger partial charge in [0.1, 0.15) is 6.33 Å². The Labute approximate surface area is 154 Å². The van der Waals surface area contributed by atoms with E-state index in [1.54, 1.807) is 17.1 Å². The van der Waals surface area contributed by atoms with Crippen LogP contribution in [-0.2, 0) is 4.74 Å². The van der Waals surface area contributed by atoms with E-state index in [1.807, 2.05) is 30.3 Å². The molecule has 0 radical (unpaired) electrons. The maximum atomic E-state index is 10.6. The summed E-state index contributed by atoms with van der Waals surface area (Å²) in [5, 5.41) is 22.7. The van der Waals surface area contributed by atoms with E-state index in [0.717, 1.165) is 34.3 Å². The van der Waals surface area contributed by atoms with Gasteiger partial charge in [0, 0.05) is 29.7 Å². The van der Waals surface area contributed by atoms with Crippen LogP contribution in [0, 0.1) is 5.92 Å². The van der Waals surface area contributed by atoms with Crippen molar-refractivity contribution in [3.63, 3.8) is 0 Å². The monoisotopic (exact) mass is 362 g/mol. The summed E-state index contributed by atoms with van der Waals surface area (Å²) >= 11 is 0. The third-order valence-electron chi connectivity index (χ3n) is 4.96. The van der Waals surface area contributed by atoms with Gasteiger partial charge in [-0.3, -0.25) is 5.10 Å². The van der Waals surface area contributed by atoms with Crippen molar-refractivity contribution in [2.75, 3.05) is 13.2 Å². The van der Waals surface area contributed by atoms with Gasteiger partial charge in [0.15, 0.2) is 11.5 Å². The molecule has 2 N–H and O–H groups in total. The zero-order valence-corrected chi connectivity index (χ0v) is 14.5. The average molecular weight is 362 g/mol. The van der Waals surface area contributed by atoms with Crippen molar-refractivity contribution in [1.29, 1.82) is 0 Å². The van der Waals surface area contributed by atoms with Gasteiger partial charge < -0.3 is 9.84 Å². The predicted molar refractivity (Wildman–Crippen MR) is 98.1 cm³/mol. The predicted octanol–water partition coefficient (Wildman–Crippen LogP) is 2.28. The van der Waals surface area contributed by atoms with Crippen molar-refractivity contribution < 1.29 is 9.84 Å². The maximum Gasteiger partial charge on any atom is 0.162 e. The summed E-state index contributed by atoms with van der Waals surface area (Å²) in [6.45, 7) is 1.30. The van der Waals surface area contributed by atoms with Gasteiger partial charge in [-0.05, 0) is 30.2 Å². The number of fused-ring (bicyclic) bond motifs is 1. The molecule has 8 nitrogen and oxygen atoms in total. The number of aliphatic hydroxyl groups is 1. The number of hydrogen-bond acceptors (Lipinski definition) is 6. The number of benzene rings is 1. The van der Waals surface area contributed by atoms with Crippen LogP contribution in [0.2, 0.25) is 0 Å². The van der Waals surface area contributed by atoms with E-state index in [0.29, 0.717) is 19.0 Å². The standard InChI is InChI=1S/C19H18N6O2/c26-17(13-4-5-27-10-13)14-6-15-9-23-25(19(15)20-8-14)16-3-1-2-12(7-16)18-21-11-22-24-18/h1-3,6-9,11,13,17,26H,4-5,10H2,(H,21,22,24)/t13-,17-/m1/s1. The van der Waals surface area contributed by atoms with Gasteiger partial charge in [-0.2, -0.15) is 10.2 Å². The second-order valence-electron chi connectivity index (χ2n) is 6.69. The molecule has 4 heterocycles. The Morgan fingerprint density at radius 1 is 1.22 bits per heavy atom. The Morgan fingerprint density at radius 2 is 2.19 bits per heavy atom. The van der Waals surface area contributed by atoms with E-state index in [4.69, 9.17) is 4.74 Å². The van der Waals surface area contributed by atoms with E-state index in [9.17, 15) is 5.11 Å². The number of nitrogens with one attached hydrogen (secondary N) is 1. The van der Waals surface area contributed by atoms with E-state index in [1.165, 1.54) is 6.33 Å². The van der Waals surface area contributed by atoms with Crippen LogP contribution in [0.3, 0.4) is 0 Å². The molecule has 1 saturated heterocycles. The van der Waals surface area contributed by atoms with E-state index >= 15 is 0 Å². The van der Waals surface area contributed by atoms with Crippen LogP contribution >= 0.6 is 0 Å². The Balaban J connectivity index is 1.51. The van der Waals surface area contributed by atoms with Gasteiger partial charge in [-0.25, -0.2) is 14.6 Å². The van der Waals surface area contributed by atoms with Crippen molar-refractivity contribution in [2.24, 2.45) is 5.92 Å². The Hall–Kier alpha value is -3.10. The zero-order chi connectivity index (χ0) is 18.2. The molecule has 8 heteroatoms. The highest BCUT2D eigenvalue weighted by atomic mass is 16.5. The molecule has 1 aliphatic rings. The third-order valence-corrected chi connectivity index (χ3v) is 4.96. The number of aromatic amines is 1. The van der Waals surface area contributed by atoms with E-state index in [2.05, 4.69) is 25.3 Å². The van der Waals surface area contributed by atoms with Crippen LogP contribution in [0.4, 0.5) is 0 Å². The van der Waals surface area contributed by atoms with Crippen LogP contribution in [-0.4, -0.2) is 48.3 Å². The third kappa shape index (κ3) is 2.88. The Bertz CT molecular complexity index is 1070. The molecule has 27 heavy (non-hydrogen) atoms. The molecule has 0 saturated carbocycles. The summed E-state index contributed by atoms with van der Waals surface area (Å²) in [5.41, 5.74) is 3.34. The highest BCUT2D eigenvalue weighted by Gasteiger charge is 2.26. The molecule has 1 aliphatic heterocycles. The van der Waals surface area contributed by atoms with Gasteiger partial charge in [-0.15, -0.1) is 0 Å². The minimum absolute atomic E-state index is 0.123. The lowest BCUT2D eigenvalue weighted by Gasteiger charge is -2.16. The fourth-order valence-electron chi connectivity index (χ4n) is 3.49. The van der Waals surface area contributed by atoms with Crippen LogP contribution in [0.15, 0.2) is 49.1 Å². The first-order chi connectivity index (χ1) is 13.3. The molecule has 136 valence electrons. The summed E-state index contributed by atoms with van der Waals surface area (Å²) in [6, 6.07) is 9.80. The van der Waals surface area contributed by atoms with Crippen molar-refractivity contribution in [3.05, 3.63) is 54.6 Å². The molecule has 0 bridgehead atoms. The lowest BCUT2D eigenvalue weighted by molar-refractivity contribution is 0.0917. The number of nitrogens with zero attached hydrogens (tertiary/aromatic N) is 5. The van der Waals surface area contributed by atoms with E-state index in [-0.39, 0.29) is 5.92 Å². The largest absolute Gasteiger partial charge is 0.388 e. The molecule has 0 spiro atoms. The summed E-state index contributed by atoms with van der Waals surface area (Å²) in [6.07, 6.45) is 5.28. The SMILES string of the molecule is O[C@@H](c1cnc2c(cnn2-c2cccc(-c3ncn[nH]3)c2)c1)[C@@H]1CCOC1. The molecule has 4 aromatic rings. The molecule has 1 fully saturated rings. The number of rotatable bonds is 4. The Kier molecular flexibility index (Phi) is 3.92. The minimum atomic E-state index is -0.567. The van der Waals surface area contributed by atoms with Gasteiger partial charge >= 0.3 is 0 Å². The number of aromatic nitrogens is 6. The molecule has 0 unspecified atom stereocenters. The second-order valence-corrected chi connectivity index (χ2v) is 6.69. The molecule has 2 atom stereocenters. The van der Waals surface area contributed by atoms with Gasteiger partial charge in [0.2, 0.25) is 0 Å². The number of H-pyrrole nitrogens is 1. The van der Waals surface area contributed by atoms with Crippen molar-refractivity contribution in [1.82, 2.24) is 29.9 Å². The van der Waals surface area contributed by atoms with Gasteiger partial charge in [0.25, 0.3) is 0 Å². The highest BCUT2D eigenvalue weighted by Crippen LogP contribution is 2.30. The molecule has 3 aromatic heterocycles. The highest BCUT2D eigenvalue weighted by molar-refractivity contribution is 5.77. The molecule has 0 aliphatic carbocycles. The van der Waals surface area contributed by atoms with Crippen LogP contribution in [0.5, 0.6) is 0 Å². The quantitative estimate of drug-likeness (QED) is 0.577. The number of pyridine rings is 1.